The van der Waals surface area contributed by atoms with Gasteiger partial charge in [0, 0.05) is 29.7 Å². The molecule has 1 atom stereocenters. The molecule has 0 unspecified atom stereocenters. The molecule has 3 aromatic rings. The molecular formula is C23H22N2O4. The molecule has 0 N–H and O–H groups in total. The Kier molecular flexibility index (Phi) is 5.53. The Morgan fingerprint density at radius 3 is 2.48 bits per heavy atom. The number of carbonyl (C=O) groups is 2. The number of hydrogen-bond acceptors (Lipinski definition) is 5. The molecule has 148 valence electrons. The highest BCUT2D eigenvalue weighted by Crippen LogP contribution is 2.25. The Hall–Kier alpha value is -3.25. The van der Waals surface area contributed by atoms with Gasteiger partial charge in [0.1, 0.15) is 0 Å². The summed E-state index contributed by atoms with van der Waals surface area (Å²) in [5.74, 6) is -0.773. The molecule has 1 fully saturated rings. The van der Waals surface area contributed by atoms with Gasteiger partial charge in [-0.3, -0.25) is 9.78 Å². The van der Waals surface area contributed by atoms with Crippen LogP contribution < -0.4 is 0 Å². The summed E-state index contributed by atoms with van der Waals surface area (Å²) in [4.78, 5) is 32.5. The first-order valence-corrected chi connectivity index (χ1v) is 9.62. The number of rotatable bonds is 4. The molecule has 0 radical (unpaired) electrons. The van der Waals surface area contributed by atoms with Crippen LogP contribution in [0.25, 0.3) is 10.9 Å². The summed E-state index contributed by atoms with van der Waals surface area (Å²) in [7, 11) is 0. The minimum Gasteiger partial charge on any atom is -0.444 e. The van der Waals surface area contributed by atoms with E-state index in [-0.39, 0.29) is 5.91 Å². The first-order valence-electron chi connectivity index (χ1n) is 9.62. The van der Waals surface area contributed by atoms with Crippen molar-refractivity contribution >= 4 is 22.8 Å². The van der Waals surface area contributed by atoms with Gasteiger partial charge in [0.05, 0.1) is 24.3 Å². The fourth-order valence-electron chi connectivity index (χ4n) is 3.49. The Labute approximate surface area is 169 Å². The van der Waals surface area contributed by atoms with Crippen molar-refractivity contribution in [1.82, 2.24) is 9.88 Å². The van der Waals surface area contributed by atoms with Gasteiger partial charge in [0.2, 0.25) is 6.10 Å². The summed E-state index contributed by atoms with van der Waals surface area (Å²) >= 11 is 0. The molecule has 6 heteroatoms. The maximum absolute atomic E-state index is 13.2. The van der Waals surface area contributed by atoms with E-state index in [1.54, 1.807) is 23.1 Å². The van der Waals surface area contributed by atoms with Crippen LogP contribution in [-0.4, -0.2) is 48.1 Å². The number of amides is 1. The molecule has 1 amide bonds. The van der Waals surface area contributed by atoms with Crippen LogP contribution in [0, 0.1) is 6.92 Å². The lowest BCUT2D eigenvalue weighted by Gasteiger charge is -2.30. The molecule has 1 aliphatic rings. The van der Waals surface area contributed by atoms with E-state index < -0.39 is 12.1 Å². The molecule has 2 heterocycles. The lowest BCUT2D eigenvalue weighted by Crippen LogP contribution is -2.44. The average molecular weight is 390 g/mol. The summed E-state index contributed by atoms with van der Waals surface area (Å²) in [6, 6.07) is 18.2. The summed E-state index contributed by atoms with van der Waals surface area (Å²) in [5, 5.41) is 0.703. The number of nitrogens with zero attached hydrogens (tertiary/aromatic N) is 2. The SMILES string of the molecule is Cc1cc(C(=O)O[C@H](C(=O)N2CCOCC2)c2ccccc2)c2ccccc2n1. The lowest BCUT2D eigenvalue weighted by molar-refractivity contribution is -0.145. The zero-order valence-corrected chi connectivity index (χ0v) is 16.2. The Morgan fingerprint density at radius 2 is 1.72 bits per heavy atom. The van der Waals surface area contributed by atoms with Crippen molar-refractivity contribution in [3.05, 3.63) is 77.5 Å². The molecule has 0 aliphatic carbocycles. The molecule has 4 rings (SSSR count). The highest BCUT2D eigenvalue weighted by molar-refractivity contribution is 6.04. The maximum atomic E-state index is 13.2. The molecule has 6 nitrogen and oxygen atoms in total. The average Bonchev–Trinajstić information content (AvgIpc) is 2.77. The van der Waals surface area contributed by atoms with Gasteiger partial charge in [-0.25, -0.2) is 4.79 Å². The van der Waals surface area contributed by atoms with Gasteiger partial charge >= 0.3 is 5.97 Å². The van der Waals surface area contributed by atoms with Crippen molar-refractivity contribution in [1.29, 1.82) is 0 Å². The van der Waals surface area contributed by atoms with Gasteiger partial charge in [-0.15, -0.1) is 0 Å². The molecule has 0 bridgehead atoms. The van der Waals surface area contributed by atoms with Crippen LogP contribution in [0.5, 0.6) is 0 Å². The predicted molar refractivity (Wildman–Crippen MR) is 108 cm³/mol. The zero-order chi connectivity index (χ0) is 20.2. The third-order valence-electron chi connectivity index (χ3n) is 4.94. The van der Waals surface area contributed by atoms with Crippen molar-refractivity contribution < 1.29 is 19.1 Å². The number of esters is 1. The van der Waals surface area contributed by atoms with Gasteiger partial charge in [-0.05, 0) is 19.1 Å². The third kappa shape index (κ3) is 4.12. The number of para-hydroxylation sites is 1. The minimum atomic E-state index is -1.01. The van der Waals surface area contributed by atoms with Crippen LogP contribution in [0.2, 0.25) is 0 Å². The first kappa shape index (κ1) is 19.1. The second-order valence-corrected chi connectivity index (χ2v) is 6.96. The largest absolute Gasteiger partial charge is 0.444 e. The normalized spacial score (nSPS) is 15.1. The fraction of sp³-hybridized carbons (Fsp3) is 0.261. The summed E-state index contributed by atoms with van der Waals surface area (Å²) in [5.41, 5.74) is 2.48. The molecule has 0 spiro atoms. The molecule has 1 aromatic heterocycles. The number of pyridine rings is 1. The molecular weight excluding hydrogens is 368 g/mol. The van der Waals surface area contributed by atoms with E-state index in [0.29, 0.717) is 48.5 Å². The van der Waals surface area contributed by atoms with E-state index in [4.69, 9.17) is 9.47 Å². The van der Waals surface area contributed by atoms with E-state index in [0.717, 1.165) is 5.52 Å². The van der Waals surface area contributed by atoms with E-state index in [2.05, 4.69) is 4.98 Å². The second-order valence-electron chi connectivity index (χ2n) is 6.96. The Balaban J connectivity index is 1.67. The number of morpholine rings is 1. The van der Waals surface area contributed by atoms with Gasteiger partial charge in [-0.1, -0.05) is 48.5 Å². The molecule has 1 saturated heterocycles. The molecule has 1 aliphatic heterocycles. The van der Waals surface area contributed by atoms with Crippen LogP contribution in [-0.2, 0) is 14.3 Å². The number of benzene rings is 2. The number of aromatic nitrogens is 1. The predicted octanol–water partition coefficient (Wildman–Crippen LogP) is 3.30. The van der Waals surface area contributed by atoms with Gasteiger partial charge in [0.25, 0.3) is 5.91 Å². The van der Waals surface area contributed by atoms with Crippen molar-refractivity contribution in [2.75, 3.05) is 26.3 Å². The topological polar surface area (TPSA) is 68.7 Å². The van der Waals surface area contributed by atoms with Crippen LogP contribution in [0.1, 0.15) is 27.7 Å². The smallest absolute Gasteiger partial charge is 0.340 e. The Bertz CT molecular complexity index is 1030. The van der Waals surface area contributed by atoms with Gasteiger partial charge in [0.15, 0.2) is 0 Å². The van der Waals surface area contributed by atoms with Gasteiger partial charge in [-0.2, -0.15) is 0 Å². The molecule has 2 aromatic carbocycles. The third-order valence-corrected chi connectivity index (χ3v) is 4.94. The van der Waals surface area contributed by atoms with E-state index in [1.807, 2.05) is 49.4 Å². The number of hydrogen-bond donors (Lipinski definition) is 0. The number of aryl methyl sites for hydroxylation is 1. The second kappa shape index (κ2) is 8.41. The highest BCUT2D eigenvalue weighted by atomic mass is 16.5. The standard InChI is InChI=1S/C23H22N2O4/c1-16-15-19(18-9-5-6-10-20(18)24-16)23(27)29-21(17-7-3-2-4-8-17)22(26)25-11-13-28-14-12-25/h2-10,15,21H,11-14H2,1H3/t21-/m0/s1. The van der Waals surface area contributed by atoms with Crippen molar-refractivity contribution in [3.8, 4) is 0 Å². The highest BCUT2D eigenvalue weighted by Gasteiger charge is 2.31. The number of fused-ring (bicyclic) bond motifs is 1. The van der Waals surface area contributed by atoms with Crippen LogP contribution in [0.3, 0.4) is 0 Å². The number of ether oxygens (including phenoxy) is 2. The maximum Gasteiger partial charge on any atom is 0.340 e. The summed E-state index contributed by atoms with van der Waals surface area (Å²) in [6.07, 6.45) is -1.01. The van der Waals surface area contributed by atoms with Crippen LogP contribution in [0.15, 0.2) is 60.7 Å². The minimum absolute atomic E-state index is 0.233. The van der Waals surface area contributed by atoms with Crippen LogP contribution in [0.4, 0.5) is 0 Å². The van der Waals surface area contributed by atoms with Crippen molar-refractivity contribution in [3.63, 3.8) is 0 Å². The number of carbonyl (C=O) groups excluding carboxylic acids is 2. The monoisotopic (exact) mass is 390 g/mol. The van der Waals surface area contributed by atoms with Gasteiger partial charge < -0.3 is 14.4 Å². The zero-order valence-electron chi connectivity index (χ0n) is 16.2. The summed E-state index contributed by atoms with van der Waals surface area (Å²) < 4.78 is 11.1. The first-order chi connectivity index (χ1) is 14.1. The van der Waals surface area contributed by atoms with E-state index >= 15 is 0 Å². The molecule has 0 saturated carbocycles. The Morgan fingerprint density at radius 1 is 1.03 bits per heavy atom. The quantitative estimate of drug-likeness (QED) is 0.640. The summed E-state index contributed by atoms with van der Waals surface area (Å²) in [6.45, 7) is 3.76. The fourth-order valence-corrected chi connectivity index (χ4v) is 3.49. The lowest BCUT2D eigenvalue weighted by atomic mass is 10.1. The van der Waals surface area contributed by atoms with Crippen molar-refractivity contribution in [2.24, 2.45) is 0 Å². The molecule has 29 heavy (non-hydrogen) atoms. The van der Waals surface area contributed by atoms with Crippen molar-refractivity contribution in [2.45, 2.75) is 13.0 Å². The van der Waals surface area contributed by atoms with Crippen LogP contribution >= 0.6 is 0 Å². The van der Waals surface area contributed by atoms with E-state index in [9.17, 15) is 9.59 Å². The van der Waals surface area contributed by atoms with E-state index in [1.165, 1.54) is 0 Å².